The van der Waals surface area contributed by atoms with Crippen molar-refractivity contribution < 1.29 is 4.79 Å². The van der Waals surface area contributed by atoms with Gasteiger partial charge in [0.1, 0.15) is 0 Å². The Morgan fingerprint density at radius 1 is 1.23 bits per heavy atom. The molecule has 0 bridgehead atoms. The minimum absolute atomic E-state index is 0.175. The van der Waals surface area contributed by atoms with Crippen LogP contribution in [0, 0.1) is 5.92 Å². The Hall–Kier alpha value is -1.48. The molecule has 1 unspecified atom stereocenters. The Morgan fingerprint density at radius 3 is 2.95 bits per heavy atom. The van der Waals surface area contributed by atoms with E-state index in [9.17, 15) is 4.79 Å². The molecule has 3 heteroatoms. The lowest BCUT2D eigenvalue weighted by atomic mass is 9.89. The summed E-state index contributed by atoms with van der Waals surface area (Å²) in [6.45, 7) is 0.858. The average molecular weight is 311 g/mol. The van der Waals surface area contributed by atoms with Gasteiger partial charge in [0.15, 0.2) is 0 Å². The summed E-state index contributed by atoms with van der Waals surface area (Å²) >= 11 is 1.92. The van der Waals surface area contributed by atoms with Crippen LogP contribution >= 0.6 is 11.8 Å². The van der Waals surface area contributed by atoms with Crippen LogP contribution in [0.25, 0.3) is 0 Å². The largest absolute Gasteiger partial charge is 0.356 e. The first-order chi connectivity index (χ1) is 10.8. The highest BCUT2D eigenvalue weighted by molar-refractivity contribution is 8.04. The summed E-state index contributed by atoms with van der Waals surface area (Å²) in [6.07, 6.45) is 18.6. The molecular formula is C19H21NOS. The fourth-order valence-electron chi connectivity index (χ4n) is 3.23. The van der Waals surface area contributed by atoms with Crippen molar-refractivity contribution >= 4 is 17.7 Å². The summed E-state index contributed by atoms with van der Waals surface area (Å²) in [6, 6.07) is 0. The molecule has 4 aliphatic rings. The molecule has 1 N–H and O–H groups in total. The topological polar surface area (TPSA) is 29.1 Å². The molecule has 0 saturated heterocycles. The number of carbonyl (C=O) groups is 1. The minimum atomic E-state index is 0.175. The quantitative estimate of drug-likeness (QED) is 0.849. The molecule has 114 valence electrons. The highest BCUT2D eigenvalue weighted by atomic mass is 32.2. The van der Waals surface area contributed by atoms with E-state index in [1.165, 1.54) is 34.5 Å². The van der Waals surface area contributed by atoms with E-state index in [2.05, 4.69) is 41.8 Å². The zero-order valence-corrected chi connectivity index (χ0v) is 13.5. The highest BCUT2D eigenvalue weighted by Crippen LogP contribution is 2.47. The highest BCUT2D eigenvalue weighted by Gasteiger charge is 2.30. The van der Waals surface area contributed by atoms with Gasteiger partial charge in [0, 0.05) is 11.4 Å². The molecule has 4 rings (SSSR count). The molecular weight excluding hydrogens is 290 g/mol. The number of hydrogen-bond acceptors (Lipinski definition) is 2. The summed E-state index contributed by atoms with van der Waals surface area (Å²) in [5, 5.41) is 3.49. The zero-order chi connectivity index (χ0) is 14.9. The van der Waals surface area contributed by atoms with E-state index in [1.807, 2.05) is 11.8 Å². The van der Waals surface area contributed by atoms with Crippen LogP contribution < -0.4 is 5.32 Å². The van der Waals surface area contributed by atoms with Gasteiger partial charge in [-0.3, -0.25) is 4.79 Å². The van der Waals surface area contributed by atoms with Crippen molar-refractivity contribution in [2.45, 2.75) is 37.4 Å². The van der Waals surface area contributed by atoms with E-state index in [4.69, 9.17) is 0 Å². The molecule has 1 saturated carbocycles. The lowest BCUT2D eigenvalue weighted by molar-refractivity contribution is -0.120. The smallest absolute Gasteiger partial charge is 0.224 e. The number of hydrogen-bond donors (Lipinski definition) is 1. The van der Waals surface area contributed by atoms with Crippen LogP contribution in [0.2, 0.25) is 0 Å². The van der Waals surface area contributed by atoms with Gasteiger partial charge in [-0.1, -0.05) is 36.5 Å². The maximum Gasteiger partial charge on any atom is 0.224 e. The minimum Gasteiger partial charge on any atom is -0.356 e. The van der Waals surface area contributed by atoms with Crippen LogP contribution in [0.5, 0.6) is 0 Å². The van der Waals surface area contributed by atoms with Crippen molar-refractivity contribution in [1.82, 2.24) is 5.32 Å². The van der Waals surface area contributed by atoms with E-state index in [-0.39, 0.29) is 5.91 Å². The van der Waals surface area contributed by atoms with E-state index >= 15 is 0 Å². The lowest BCUT2D eigenvalue weighted by Gasteiger charge is -2.31. The third-order valence-electron chi connectivity index (χ3n) is 4.64. The van der Waals surface area contributed by atoms with Gasteiger partial charge in [0.2, 0.25) is 5.91 Å². The summed E-state index contributed by atoms with van der Waals surface area (Å²) in [5.74, 6) is 0.909. The third kappa shape index (κ3) is 2.87. The molecule has 3 aliphatic carbocycles. The second-order valence-electron chi connectivity index (χ2n) is 6.40. The first-order valence-electron chi connectivity index (χ1n) is 8.23. The summed E-state index contributed by atoms with van der Waals surface area (Å²) < 4.78 is 0. The molecule has 1 heterocycles. The number of thioether (sulfide) groups is 1. The maximum absolute atomic E-state index is 12.4. The van der Waals surface area contributed by atoms with E-state index < -0.39 is 0 Å². The fourth-order valence-corrected chi connectivity index (χ4v) is 4.57. The first-order valence-corrected chi connectivity index (χ1v) is 9.11. The molecule has 1 fully saturated rings. The number of allylic oxidation sites excluding steroid dienone is 6. The molecule has 0 aromatic rings. The van der Waals surface area contributed by atoms with Crippen molar-refractivity contribution in [3.05, 3.63) is 58.1 Å². The molecule has 1 atom stereocenters. The van der Waals surface area contributed by atoms with E-state index in [0.717, 1.165) is 25.3 Å². The van der Waals surface area contributed by atoms with Crippen LogP contribution in [0.1, 0.15) is 32.1 Å². The maximum atomic E-state index is 12.4. The Labute approximate surface area is 136 Å². The lowest BCUT2D eigenvalue weighted by Crippen LogP contribution is -2.27. The number of carbonyl (C=O) groups excluding carboxylic acids is 1. The SMILES string of the molecule is O=C(CC1=C2C=CC=CC2SC2=CCCC=C21)NCC1CC1. The molecule has 22 heavy (non-hydrogen) atoms. The van der Waals surface area contributed by atoms with E-state index in [0.29, 0.717) is 11.7 Å². The Bertz CT molecular complexity index is 646. The van der Waals surface area contributed by atoms with Crippen LogP contribution in [-0.4, -0.2) is 17.7 Å². The first kappa shape index (κ1) is 14.1. The number of fused-ring (bicyclic) bond motifs is 2. The molecule has 0 radical (unpaired) electrons. The van der Waals surface area contributed by atoms with Gasteiger partial charge < -0.3 is 5.32 Å². The second kappa shape index (κ2) is 5.96. The van der Waals surface area contributed by atoms with Gasteiger partial charge in [-0.2, -0.15) is 0 Å². The van der Waals surface area contributed by atoms with Crippen molar-refractivity contribution in [3.63, 3.8) is 0 Å². The predicted molar refractivity (Wildman–Crippen MR) is 92.4 cm³/mol. The second-order valence-corrected chi connectivity index (χ2v) is 7.59. The molecule has 0 spiro atoms. The van der Waals surface area contributed by atoms with Crippen molar-refractivity contribution in [2.75, 3.05) is 6.54 Å². The number of nitrogens with one attached hydrogen (secondary N) is 1. The Balaban J connectivity index is 1.60. The monoisotopic (exact) mass is 311 g/mol. The van der Waals surface area contributed by atoms with Crippen LogP contribution in [0.15, 0.2) is 58.1 Å². The predicted octanol–water partition coefficient (Wildman–Crippen LogP) is 4.04. The van der Waals surface area contributed by atoms with Gasteiger partial charge in [-0.25, -0.2) is 0 Å². The van der Waals surface area contributed by atoms with Crippen molar-refractivity contribution in [2.24, 2.45) is 5.92 Å². The number of rotatable bonds is 4. The summed E-state index contributed by atoms with van der Waals surface area (Å²) in [7, 11) is 0. The normalized spacial score (nSPS) is 26.1. The zero-order valence-electron chi connectivity index (χ0n) is 12.7. The van der Waals surface area contributed by atoms with Crippen LogP contribution in [0.3, 0.4) is 0 Å². The van der Waals surface area contributed by atoms with Gasteiger partial charge >= 0.3 is 0 Å². The molecule has 2 nitrogen and oxygen atoms in total. The van der Waals surface area contributed by atoms with Crippen LogP contribution in [0.4, 0.5) is 0 Å². The van der Waals surface area contributed by atoms with Gasteiger partial charge in [-0.05, 0) is 48.3 Å². The summed E-state index contributed by atoms with van der Waals surface area (Å²) in [4.78, 5) is 13.7. The standard InChI is InChI=1S/C19H21NOS/c21-19(20-12-13-9-10-13)11-16-14-5-1-3-7-17(14)22-18-8-4-2-6-15(16)18/h1,3,5-8,13,17H,2,4,9-12H2,(H,20,21). The van der Waals surface area contributed by atoms with Gasteiger partial charge in [0.05, 0.1) is 11.7 Å². The molecule has 1 amide bonds. The van der Waals surface area contributed by atoms with E-state index in [1.54, 1.807) is 0 Å². The van der Waals surface area contributed by atoms with Gasteiger partial charge in [-0.15, -0.1) is 11.8 Å². The number of amides is 1. The third-order valence-corrected chi connectivity index (χ3v) is 5.94. The fraction of sp³-hybridized carbons (Fsp3) is 0.421. The Kier molecular flexibility index (Phi) is 3.83. The van der Waals surface area contributed by atoms with Crippen LogP contribution in [-0.2, 0) is 4.79 Å². The Morgan fingerprint density at radius 2 is 2.09 bits per heavy atom. The summed E-state index contributed by atoms with van der Waals surface area (Å²) in [5.41, 5.74) is 3.87. The van der Waals surface area contributed by atoms with Crippen molar-refractivity contribution in [3.8, 4) is 0 Å². The molecule has 0 aromatic carbocycles. The van der Waals surface area contributed by atoms with Gasteiger partial charge in [0.25, 0.3) is 0 Å². The van der Waals surface area contributed by atoms with Crippen molar-refractivity contribution in [1.29, 1.82) is 0 Å². The molecule has 0 aromatic heterocycles. The molecule has 1 aliphatic heterocycles. The average Bonchev–Trinajstić information content (AvgIpc) is 3.37.